The number of ether oxygens (including phenoxy) is 1. The van der Waals surface area contributed by atoms with E-state index in [0.717, 1.165) is 24.8 Å². The monoisotopic (exact) mass is 439 g/mol. The zero-order chi connectivity index (χ0) is 22.6. The molecule has 2 aromatic carbocycles. The van der Waals surface area contributed by atoms with Crippen LogP contribution in [0.2, 0.25) is 0 Å². The van der Waals surface area contributed by atoms with Gasteiger partial charge in [-0.15, -0.1) is 0 Å². The molecule has 1 heterocycles. The van der Waals surface area contributed by atoms with E-state index in [4.69, 9.17) is 10.00 Å². The summed E-state index contributed by atoms with van der Waals surface area (Å²) >= 11 is 0. The topological polar surface area (TPSA) is 82.9 Å². The Morgan fingerprint density at radius 1 is 1.00 bits per heavy atom. The number of nitrogens with zero attached hydrogens (tertiary/aromatic N) is 3. The van der Waals surface area contributed by atoms with Crippen LogP contribution in [0.5, 0.6) is 5.75 Å². The number of aromatic nitrogens is 2. The summed E-state index contributed by atoms with van der Waals surface area (Å²) in [5.41, 5.74) is 0.232. The standard InChI is InChI=1S/C23H20F3N5O/c24-23(25,26)20-14-28-22(31-21(20)29-17-5-3-4-15(12-17)13-27)30-16-8-10-19(11-9-16)32-18-6-1-2-7-18/h3-5,8-12,14,18H,1-2,6-7H2,(H2,28,29,30,31). The fourth-order valence-corrected chi connectivity index (χ4v) is 3.49. The smallest absolute Gasteiger partial charge is 0.421 e. The van der Waals surface area contributed by atoms with Crippen molar-refractivity contribution in [1.29, 1.82) is 5.26 Å². The lowest BCUT2D eigenvalue weighted by atomic mass is 10.2. The number of nitrogens with one attached hydrogen (secondary N) is 2. The van der Waals surface area contributed by atoms with Crippen molar-refractivity contribution in [2.45, 2.75) is 38.0 Å². The zero-order valence-corrected chi connectivity index (χ0v) is 17.0. The molecule has 1 saturated carbocycles. The number of hydrogen-bond acceptors (Lipinski definition) is 6. The van der Waals surface area contributed by atoms with Gasteiger partial charge in [0.25, 0.3) is 0 Å². The van der Waals surface area contributed by atoms with Crippen molar-refractivity contribution in [1.82, 2.24) is 9.97 Å². The lowest BCUT2D eigenvalue weighted by molar-refractivity contribution is -0.137. The average molecular weight is 439 g/mol. The third kappa shape index (κ3) is 5.27. The second-order valence-electron chi connectivity index (χ2n) is 7.44. The highest BCUT2D eigenvalue weighted by Crippen LogP contribution is 2.35. The molecule has 1 aromatic heterocycles. The maximum atomic E-state index is 13.5. The van der Waals surface area contributed by atoms with Crippen LogP contribution in [-0.4, -0.2) is 16.1 Å². The number of benzene rings is 2. The molecule has 1 aliphatic rings. The highest BCUT2D eigenvalue weighted by atomic mass is 19.4. The number of nitriles is 1. The van der Waals surface area contributed by atoms with E-state index in [9.17, 15) is 13.2 Å². The number of hydrogen-bond donors (Lipinski definition) is 2. The first-order valence-electron chi connectivity index (χ1n) is 10.2. The SMILES string of the molecule is N#Cc1cccc(Nc2nc(Nc3ccc(OC4CCCC4)cc3)ncc2C(F)(F)F)c1. The molecule has 3 aromatic rings. The molecule has 9 heteroatoms. The first-order chi connectivity index (χ1) is 15.4. The van der Waals surface area contributed by atoms with Gasteiger partial charge in [-0.25, -0.2) is 4.98 Å². The van der Waals surface area contributed by atoms with Crippen LogP contribution in [0.25, 0.3) is 0 Å². The summed E-state index contributed by atoms with van der Waals surface area (Å²) in [6.07, 6.45) is 0.759. The summed E-state index contributed by atoms with van der Waals surface area (Å²) in [5, 5.41) is 14.6. The predicted octanol–water partition coefficient (Wildman–Crippen LogP) is 6.18. The van der Waals surface area contributed by atoms with Crippen molar-refractivity contribution in [3.05, 3.63) is 65.9 Å². The second-order valence-corrected chi connectivity index (χ2v) is 7.44. The molecule has 0 unspecified atom stereocenters. The summed E-state index contributed by atoms with van der Waals surface area (Å²) in [7, 11) is 0. The van der Waals surface area contributed by atoms with Crippen LogP contribution in [0.15, 0.2) is 54.7 Å². The lowest BCUT2D eigenvalue weighted by Crippen LogP contribution is -2.12. The fraction of sp³-hybridized carbons (Fsp3) is 0.261. The van der Waals surface area contributed by atoms with Crippen molar-refractivity contribution in [2.24, 2.45) is 0 Å². The van der Waals surface area contributed by atoms with Crippen LogP contribution < -0.4 is 15.4 Å². The van der Waals surface area contributed by atoms with Gasteiger partial charge >= 0.3 is 6.18 Å². The summed E-state index contributed by atoms with van der Waals surface area (Å²) in [6.45, 7) is 0. The van der Waals surface area contributed by atoms with Gasteiger partial charge in [-0.1, -0.05) is 6.07 Å². The van der Waals surface area contributed by atoms with Gasteiger partial charge in [0.1, 0.15) is 17.1 Å². The largest absolute Gasteiger partial charge is 0.490 e. The molecule has 0 radical (unpaired) electrons. The van der Waals surface area contributed by atoms with Crippen molar-refractivity contribution >= 4 is 23.1 Å². The molecule has 0 aliphatic heterocycles. The zero-order valence-electron chi connectivity index (χ0n) is 17.0. The lowest BCUT2D eigenvalue weighted by Gasteiger charge is -2.15. The number of rotatable bonds is 6. The van der Waals surface area contributed by atoms with Crippen LogP contribution in [0.3, 0.4) is 0 Å². The molecule has 4 rings (SSSR count). The Morgan fingerprint density at radius 3 is 2.44 bits per heavy atom. The minimum Gasteiger partial charge on any atom is -0.490 e. The summed E-state index contributed by atoms with van der Waals surface area (Å²) < 4.78 is 46.3. The maximum absolute atomic E-state index is 13.5. The summed E-state index contributed by atoms with van der Waals surface area (Å²) in [4.78, 5) is 7.84. The van der Waals surface area contributed by atoms with Gasteiger partial charge in [0, 0.05) is 17.6 Å². The molecule has 1 aliphatic carbocycles. The average Bonchev–Trinajstić information content (AvgIpc) is 3.28. The van der Waals surface area contributed by atoms with Gasteiger partial charge in [-0.2, -0.15) is 23.4 Å². The molecule has 0 atom stereocenters. The molecule has 0 spiro atoms. The van der Waals surface area contributed by atoms with E-state index >= 15 is 0 Å². The molecule has 0 bridgehead atoms. The van der Waals surface area contributed by atoms with Gasteiger partial charge in [0.15, 0.2) is 0 Å². The third-order valence-corrected chi connectivity index (χ3v) is 5.06. The Hall–Kier alpha value is -3.80. The molecule has 0 amide bonds. The van der Waals surface area contributed by atoms with Gasteiger partial charge in [-0.05, 0) is 68.1 Å². The van der Waals surface area contributed by atoms with Gasteiger partial charge < -0.3 is 15.4 Å². The van der Waals surface area contributed by atoms with Crippen LogP contribution >= 0.6 is 0 Å². The van der Waals surface area contributed by atoms with Crippen molar-refractivity contribution in [3.63, 3.8) is 0 Å². The fourth-order valence-electron chi connectivity index (χ4n) is 3.49. The quantitative estimate of drug-likeness (QED) is 0.478. The minimum atomic E-state index is -4.65. The van der Waals surface area contributed by atoms with E-state index in [0.29, 0.717) is 16.9 Å². The number of halogens is 3. The van der Waals surface area contributed by atoms with Crippen LogP contribution in [0, 0.1) is 11.3 Å². The van der Waals surface area contributed by atoms with E-state index in [2.05, 4.69) is 20.6 Å². The van der Waals surface area contributed by atoms with Crippen LogP contribution in [0.4, 0.5) is 36.3 Å². The Bertz CT molecular complexity index is 1120. The molecule has 1 fully saturated rings. The summed E-state index contributed by atoms with van der Waals surface area (Å²) in [5.74, 6) is 0.336. The van der Waals surface area contributed by atoms with E-state index < -0.39 is 17.6 Å². The highest BCUT2D eigenvalue weighted by Gasteiger charge is 2.35. The Morgan fingerprint density at radius 2 is 1.75 bits per heavy atom. The minimum absolute atomic E-state index is 0.00130. The first-order valence-corrected chi connectivity index (χ1v) is 10.2. The van der Waals surface area contributed by atoms with E-state index in [1.165, 1.54) is 18.9 Å². The molecule has 6 nitrogen and oxygen atoms in total. The molecule has 2 N–H and O–H groups in total. The van der Waals surface area contributed by atoms with E-state index in [1.54, 1.807) is 42.5 Å². The summed E-state index contributed by atoms with van der Waals surface area (Å²) in [6, 6.07) is 15.2. The molecule has 164 valence electrons. The predicted molar refractivity (Wildman–Crippen MR) is 114 cm³/mol. The molecular weight excluding hydrogens is 419 g/mol. The molecule has 32 heavy (non-hydrogen) atoms. The number of anilines is 4. The Balaban J connectivity index is 1.54. The Kier molecular flexibility index (Phi) is 6.12. The second kappa shape index (κ2) is 9.14. The van der Waals surface area contributed by atoms with Crippen LogP contribution in [0.1, 0.15) is 36.8 Å². The van der Waals surface area contributed by atoms with Gasteiger partial charge in [-0.3, -0.25) is 0 Å². The van der Waals surface area contributed by atoms with Gasteiger partial charge in [0.05, 0.1) is 17.7 Å². The number of alkyl halides is 3. The van der Waals surface area contributed by atoms with Crippen molar-refractivity contribution in [2.75, 3.05) is 10.6 Å². The van der Waals surface area contributed by atoms with E-state index in [1.807, 2.05) is 6.07 Å². The van der Waals surface area contributed by atoms with Crippen molar-refractivity contribution in [3.8, 4) is 11.8 Å². The van der Waals surface area contributed by atoms with E-state index in [-0.39, 0.29) is 12.1 Å². The first kappa shape index (κ1) is 21.4. The highest BCUT2D eigenvalue weighted by molar-refractivity contribution is 5.64. The molecule has 0 saturated heterocycles. The normalized spacial score (nSPS) is 14.1. The maximum Gasteiger partial charge on any atom is 0.421 e. The van der Waals surface area contributed by atoms with Crippen LogP contribution in [-0.2, 0) is 6.18 Å². The molecular formula is C23H20F3N5O. The van der Waals surface area contributed by atoms with Gasteiger partial charge in [0.2, 0.25) is 5.95 Å². The third-order valence-electron chi connectivity index (χ3n) is 5.06. The van der Waals surface area contributed by atoms with Crippen molar-refractivity contribution < 1.29 is 17.9 Å². The Labute approximate surface area is 183 Å².